The molecule has 2 heterocycles. The van der Waals surface area contributed by atoms with E-state index in [4.69, 9.17) is 27.4 Å². The van der Waals surface area contributed by atoms with Gasteiger partial charge < -0.3 is 20.6 Å². The van der Waals surface area contributed by atoms with E-state index in [1.165, 1.54) is 11.3 Å². The number of aromatic nitrogens is 2. The van der Waals surface area contributed by atoms with Crippen LogP contribution in [0.5, 0.6) is 5.75 Å². The van der Waals surface area contributed by atoms with E-state index in [2.05, 4.69) is 20.6 Å². The maximum atomic E-state index is 12.6. The predicted octanol–water partition coefficient (Wildman–Crippen LogP) is 2.25. The van der Waals surface area contributed by atoms with Gasteiger partial charge in [0.2, 0.25) is 5.95 Å². The second kappa shape index (κ2) is 7.62. The molecule has 5 N–H and O–H groups in total. The Morgan fingerprint density at radius 1 is 1.44 bits per heavy atom. The number of hydrogen-bond donors (Lipinski definition) is 4. The molecule has 25 heavy (non-hydrogen) atoms. The van der Waals surface area contributed by atoms with Crippen LogP contribution in [0.15, 0.2) is 29.8 Å². The normalized spacial score (nSPS) is 10.7. The lowest BCUT2D eigenvalue weighted by atomic mass is 10.2. The number of aliphatic hydroxyl groups is 1. The first-order valence-corrected chi connectivity index (χ1v) is 8.44. The van der Waals surface area contributed by atoms with Gasteiger partial charge in [0.25, 0.3) is 5.91 Å². The molecule has 1 amide bonds. The summed E-state index contributed by atoms with van der Waals surface area (Å²) in [5.41, 5.74) is 1.25. The van der Waals surface area contributed by atoms with Crippen molar-refractivity contribution in [3.05, 3.63) is 40.4 Å². The number of fused-ring (bicyclic) bond motifs is 1. The van der Waals surface area contributed by atoms with Crippen molar-refractivity contribution in [2.24, 2.45) is 5.90 Å². The van der Waals surface area contributed by atoms with Crippen molar-refractivity contribution in [1.82, 2.24) is 9.97 Å². The zero-order chi connectivity index (χ0) is 17.8. The molecule has 0 atom stereocenters. The summed E-state index contributed by atoms with van der Waals surface area (Å²) in [6.07, 6.45) is 1.62. The van der Waals surface area contributed by atoms with Gasteiger partial charge in [0.15, 0.2) is 5.75 Å². The van der Waals surface area contributed by atoms with Gasteiger partial charge in [-0.25, -0.2) is 9.97 Å². The van der Waals surface area contributed by atoms with Crippen molar-refractivity contribution in [1.29, 1.82) is 0 Å². The van der Waals surface area contributed by atoms with Crippen LogP contribution in [0.4, 0.5) is 11.6 Å². The minimum atomic E-state index is -0.376. The van der Waals surface area contributed by atoms with Crippen molar-refractivity contribution >= 4 is 50.7 Å². The number of benzene rings is 1. The number of nitrogens with two attached hydrogens (primary N) is 1. The van der Waals surface area contributed by atoms with Gasteiger partial charge in [-0.1, -0.05) is 11.6 Å². The molecule has 0 aliphatic carbocycles. The maximum absolute atomic E-state index is 12.6. The molecule has 0 saturated heterocycles. The third-order valence-corrected chi connectivity index (χ3v) is 4.41. The first-order valence-electron chi connectivity index (χ1n) is 7.19. The molecular weight excluding hydrogens is 366 g/mol. The van der Waals surface area contributed by atoms with Crippen LogP contribution in [-0.2, 0) is 0 Å². The van der Waals surface area contributed by atoms with Gasteiger partial charge in [-0.3, -0.25) is 4.79 Å². The molecule has 0 fully saturated rings. The van der Waals surface area contributed by atoms with Crippen LogP contribution in [0.25, 0.3) is 10.2 Å². The lowest BCUT2D eigenvalue weighted by molar-refractivity contribution is 0.102. The minimum Gasteiger partial charge on any atom is -0.409 e. The van der Waals surface area contributed by atoms with E-state index in [9.17, 15) is 4.79 Å². The molecule has 0 aliphatic heterocycles. The smallest absolute Gasteiger partial charge is 0.258 e. The van der Waals surface area contributed by atoms with Crippen molar-refractivity contribution in [3.8, 4) is 5.75 Å². The highest BCUT2D eigenvalue weighted by Gasteiger charge is 2.17. The fraction of sp³-hybridized carbons (Fsp3) is 0.133. The molecule has 0 aliphatic rings. The summed E-state index contributed by atoms with van der Waals surface area (Å²) in [5.74, 6) is 5.46. The van der Waals surface area contributed by atoms with Crippen molar-refractivity contribution in [3.63, 3.8) is 0 Å². The highest BCUT2D eigenvalue weighted by molar-refractivity contribution is 7.17. The predicted molar refractivity (Wildman–Crippen MR) is 97.2 cm³/mol. The van der Waals surface area contributed by atoms with Gasteiger partial charge in [0.1, 0.15) is 0 Å². The van der Waals surface area contributed by atoms with E-state index in [-0.39, 0.29) is 18.3 Å². The van der Waals surface area contributed by atoms with E-state index in [0.717, 1.165) is 4.70 Å². The lowest BCUT2D eigenvalue weighted by Crippen LogP contribution is -2.14. The van der Waals surface area contributed by atoms with E-state index in [1.54, 1.807) is 29.8 Å². The average molecular weight is 380 g/mol. The van der Waals surface area contributed by atoms with Crippen LogP contribution in [-0.4, -0.2) is 34.1 Å². The number of carbonyl (C=O) groups excluding carboxylic acids is 1. The third kappa shape index (κ3) is 3.80. The van der Waals surface area contributed by atoms with Gasteiger partial charge in [-0.2, -0.15) is 5.90 Å². The Kier molecular flexibility index (Phi) is 5.29. The molecule has 1 aromatic carbocycles. The second-order valence-electron chi connectivity index (χ2n) is 4.92. The maximum Gasteiger partial charge on any atom is 0.258 e. The molecule has 0 unspecified atom stereocenters. The molecule has 0 bridgehead atoms. The Morgan fingerprint density at radius 3 is 3.04 bits per heavy atom. The molecule has 0 saturated carbocycles. The second-order valence-corrected chi connectivity index (χ2v) is 6.27. The van der Waals surface area contributed by atoms with E-state index >= 15 is 0 Å². The minimum absolute atomic E-state index is 0.0466. The topological polar surface area (TPSA) is 122 Å². The standard InChI is InChI=1S/C15H14ClN5O3S/c16-8-1-2-11(24-17)10(5-8)20-14(23)9-7-25-12-6-19-15(18-3-4-22)21-13(9)12/h1-2,5-7,22H,3-4,17H2,(H,20,23)(H,18,19,21). The fourth-order valence-electron chi connectivity index (χ4n) is 2.13. The summed E-state index contributed by atoms with van der Waals surface area (Å²) in [4.78, 5) is 25.8. The lowest BCUT2D eigenvalue weighted by Gasteiger charge is -2.09. The summed E-state index contributed by atoms with van der Waals surface area (Å²) < 4.78 is 0.765. The van der Waals surface area contributed by atoms with Crippen LogP contribution in [0.2, 0.25) is 5.02 Å². The molecule has 8 nitrogen and oxygen atoms in total. The molecule has 10 heteroatoms. The number of carbonyl (C=O) groups is 1. The highest BCUT2D eigenvalue weighted by Crippen LogP contribution is 2.30. The van der Waals surface area contributed by atoms with E-state index < -0.39 is 0 Å². The van der Waals surface area contributed by atoms with Gasteiger partial charge in [0, 0.05) is 16.9 Å². The number of anilines is 2. The Labute approximate surface area is 151 Å². The number of amides is 1. The molecule has 3 rings (SSSR count). The fourth-order valence-corrected chi connectivity index (χ4v) is 3.15. The molecule has 0 spiro atoms. The zero-order valence-corrected chi connectivity index (χ0v) is 14.4. The third-order valence-electron chi connectivity index (χ3n) is 3.27. The number of nitrogens with zero attached hydrogens (tertiary/aromatic N) is 2. The monoisotopic (exact) mass is 379 g/mol. The molecular formula is C15H14ClN5O3S. The number of rotatable bonds is 6. The number of nitrogens with one attached hydrogen (secondary N) is 2. The van der Waals surface area contributed by atoms with Crippen LogP contribution >= 0.6 is 22.9 Å². The average Bonchev–Trinajstić information content (AvgIpc) is 3.03. The van der Waals surface area contributed by atoms with Crippen LogP contribution < -0.4 is 21.4 Å². The Morgan fingerprint density at radius 2 is 2.28 bits per heavy atom. The summed E-state index contributed by atoms with van der Waals surface area (Å²) in [6.45, 7) is 0.270. The Hall–Kier alpha value is -2.46. The number of aliphatic hydroxyl groups excluding tert-OH is 1. The molecule has 130 valence electrons. The van der Waals surface area contributed by atoms with Crippen LogP contribution in [0.1, 0.15) is 10.4 Å². The van der Waals surface area contributed by atoms with Crippen LogP contribution in [0.3, 0.4) is 0 Å². The summed E-state index contributed by atoms with van der Waals surface area (Å²) in [6, 6.07) is 4.70. The van der Waals surface area contributed by atoms with E-state index in [1.807, 2.05) is 0 Å². The molecule has 3 aromatic rings. The molecule has 2 aromatic heterocycles. The van der Waals surface area contributed by atoms with Gasteiger partial charge in [-0.05, 0) is 18.2 Å². The first-order chi connectivity index (χ1) is 12.1. The van der Waals surface area contributed by atoms with Crippen molar-refractivity contribution in [2.75, 3.05) is 23.8 Å². The summed E-state index contributed by atoms with van der Waals surface area (Å²) in [7, 11) is 0. The van der Waals surface area contributed by atoms with Crippen molar-refractivity contribution < 1.29 is 14.7 Å². The van der Waals surface area contributed by atoms with Crippen molar-refractivity contribution in [2.45, 2.75) is 0 Å². The number of hydrogen-bond acceptors (Lipinski definition) is 8. The Bertz CT molecular complexity index is 917. The largest absolute Gasteiger partial charge is 0.409 e. The summed E-state index contributed by atoms with van der Waals surface area (Å²) in [5, 5.41) is 16.6. The summed E-state index contributed by atoms with van der Waals surface area (Å²) >= 11 is 7.31. The quantitative estimate of drug-likeness (QED) is 0.484. The van der Waals surface area contributed by atoms with Crippen LogP contribution in [0, 0.1) is 0 Å². The van der Waals surface area contributed by atoms with Gasteiger partial charge in [-0.15, -0.1) is 11.3 Å². The number of thiophene rings is 1. The zero-order valence-electron chi connectivity index (χ0n) is 12.8. The molecule has 0 radical (unpaired) electrons. The number of halogens is 1. The Balaban J connectivity index is 1.90. The van der Waals surface area contributed by atoms with Gasteiger partial charge in [0.05, 0.1) is 34.3 Å². The first kappa shape index (κ1) is 17.4. The SMILES string of the molecule is NOc1ccc(Cl)cc1NC(=O)c1csc2cnc(NCCO)nc12. The highest BCUT2D eigenvalue weighted by atomic mass is 35.5. The van der Waals surface area contributed by atoms with Gasteiger partial charge >= 0.3 is 0 Å². The van der Waals surface area contributed by atoms with E-state index in [0.29, 0.717) is 34.3 Å².